The molecule has 0 fully saturated rings. The van der Waals surface area contributed by atoms with Crippen LogP contribution in [0.4, 0.5) is 28.4 Å². The molecule has 0 amide bonds. The summed E-state index contributed by atoms with van der Waals surface area (Å²) in [6, 6.07) is 47.3. The molecule has 3 heteroatoms. The monoisotopic (exact) mass is 680 g/mol. The highest BCUT2D eigenvalue weighted by Crippen LogP contribution is 2.60. The summed E-state index contributed by atoms with van der Waals surface area (Å²) in [7, 11) is 0. The first-order chi connectivity index (χ1) is 25.5. The van der Waals surface area contributed by atoms with Crippen molar-refractivity contribution in [3.8, 4) is 11.1 Å². The number of fused-ring (bicyclic) bond motifs is 10. The molecular weight excluding hydrogens is 639 g/mol. The molecule has 2 nitrogen and oxygen atoms in total. The average Bonchev–Trinajstić information content (AvgIpc) is 3.15. The summed E-state index contributed by atoms with van der Waals surface area (Å²) in [6.45, 7) is 16.7. The van der Waals surface area contributed by atoms with Gasteiger partial charge in [0.2, 0.25) is 0 Å². The van der Waals surface area contributed by atoms with Crippen LogP contribution in [-0.4, -0.2) is 6.85 Å². The topological polar surface area (TPSA) is 6.48 Å². The van der Waals surface area contributed by atoms with Crippen molar-refractivity contribution in [1.29, 1.82) is 0 Å². The van der Waals surface area contributed by atoms with Crippen LogP contribution in [0.3, 0.4) is 0 Å². The number of nitrogens with zero attached hydrogens (tertiary/aromatic N) is 2. The largest absolute Gasteiger partial charge is 0.376 e. The smallest absolute Gasteiger partial charge is 0.333 e. The number of anilines is 5. The van der Waals surface area contributed by atoms with E-state index in [0.717, 1.165) is 0 Å². The van der Waals surface area contributed by atoms with Crippen molar-refractivity contribution in [2.45, 2.75) is 64.7 Å². The quantitative estimate of drug-likeness (QED) is 0.116. The van der Waals surface area contributed by atoms with Crippen LogP contribution < -0.4 is 20.6 Å². The van der Waals surface area contributed by atoms with E-state index < -0.39 is 0 Å². The third kappa shape index (κ3) is 3.40. The van der Waals surface area contributed by atoms with Crippen molar-refractivity contribution < 1.29 is 0 Å². The standard InChI is InChI=1S/C50H41BN2/c1-48(2,3)30-26-28-22-24-31-42-33(25-23-29(27-30)41(28)42)46-44-43(31)32-14-12-17-36-45(32)53(40-21-11-9-16-35(40)50(36,6)7)51(44)38-19-13-18-37-47(38)52(46)39-20-10-8-15-34(39)49(37,4)5/h8-27H,1-7H3. The van der Waals surface area contributed by atoms with Gasteiger partial charge in [0.15, 0.2) is 0 Å². The third-order valence-electron chi connectivity index (χ3n) is 13.7. The molecule has 0 bridgehead atoms. The highest BCUT2D eigenvalue weighted by molar-refractivity contribution is 6.94. The Balaban J connectivity index is 1.34. The second-order valence-electron chi connectivity index (χ2n) is 18.1. The Kier molecular flexibility index (Phi) is 5.28. The van der Waals surface area contributed by atoms with Gasteiger partial charge in [-0.3, -0.25) is 0 Å². The van der Waals surface area contributed by atoms with Crippen molar-refractivity contribution in [3.63, 3.8) is 0 Å². The molecule has 0 aliphatic carbocycles. The van der Waals surface area contributed by atoms with Gasteiger partial charge < -0.3 is 9.71 Å². The lowest BCUT2D eigenvalue weighted by Crippen LogP contribution is -2.63. The maximum atomic E-state index is 2.74. The van der Waals surface area contributed by atoms with E-state index in [1.807, 2.05) is 0 Å². The van der Waals surface area contributed by atoms with Gasteiger partial charge in [-0.25, -0.2) is 0 Å². The molecule has 0 N–H and O–H groups in total. The maximum Gasteiger partial charge on any atom is 0.333 e. The molecule has 8 aromatic rings. The molecule has 53 heavy (non-hydrogen) atoms. The normalized spacial score (nSPS) is 16.8. The second kappa shape index (κ2) is 9.33. The lowest BCUT2D eigenvalue weighted by Gasteiger charge is -2.53. The zero-order valence-corrected chi connectivity index (χ0v) is 31.5. The van der Waals surface area contributed by atoms with E-state index in [9.17, 15) is 0 Å². The van der Waals surface area contributed by atoms with Crippen molar-refractivity contribution in [2.24, 2.45) is 0 Å². The highest BCUT2D eigenvalue weighted by Gasteiger charge is 2.53. The second-order valence-corrected chi connectivity index (χ2v) is 18.1. The highest BCUT2D eigenvalue weighted by atomic mass is 15.2. The van der Waals surface area contributed by atoms with Gasteiger partial charge in [-0.05, 0) is 83.4 Å². The van der Waals surface area contributed by atoms with E-state index in [2.05, 4.69) is 180 Å². The first kappa shape index (κ1) is 30.0. The van der Waals surface area contributed by atoms with E-state index in [-0.39, 0.29) is 23.1 Å². The molecule has 0 atom stereocenters. The first-order valence-electron chi connectivity index (χ1n) is 19.3. The SMILES string of the molecule is CC(C)(C)c1cc2ccc3c4c5c(c6ccc(c1)c2c36)N1c2ccccc2C(C)(C)c2cccc(c21)B5N1c2ccccc2C(C)(C)c2cccc-4c21. The molecule has 0 radical (unpaired) electrons. The van der Waals surface area contributed by atoms with E-state index >= 15 is 0 Å². The molecule has 4 aliphatic heterocycles. The van der Waals surface area contributed by atoms with Crippen LogP contribution in [0.1, 0.15) is 76.3 Å². The fraction of sp³-hybridized carbons (Fsp3) is 0.200. The van der Waals surface area contributed by atoms with Crippen LogP contribution in [0.5, 0.6) is 0 Å². The minimum atomic E-state index is -0.161. The number of rotatable bonds is 0. The summed E-state index contributed by atoms with van der Waals surface area (Å²) in [5, 5.41) is 8.12. The molecule has 0 aromatic heterocycles. The number of benzene rings is 8. The van der Waals surface area contributed by atoms with Crippen LogP contribution in [0.25, 0.3) is 43.4 Å². The van der Waals surface area contributed by atoms with Gasteiger partial charge in [0, 0.05) is 44.2 Å². The number of hydrogen-bond acceptors (Lipinski definition) is 2. The summed E-state index contributed by atoms with van der Waals surface area (Å²) >= 11 is 0. The Morgan fingerprint density at radius 1 is 0.528 bits per heavy atom. The molecule has 4 heterocycles. The van der Waals surface area contributed by atoms with Crippen LogP contribution in [-0.2, 0) is 16.2 Å². The summed E-state index contributed by atoms with van der Waals surface area (Å²) in [5.74, 6) is 0. The van der Waals surface area contributed by atoms with Crippen molar-refractivity contribution in [1.82, 2.24) is 0 Å². The summed E-state index contributed by atoms with van der Waals surface area (Å²) in [5.41, 5.74) is 18.9. The molecule has 0 saturated heterocycles. The van der Waals surface area contributed by atoms with E-state index in [0.29, 0.717) is 0 Å². The minimum absolute atomic E-state index is 0.00701. The lowest BCUT2D eigenvalue weighted by atomic mass is 9.41. The van der Waals surface area contributed by atoms with Crippen molar-refractivity contribution in [2.75, 3.05) is 9.71 Å². The van der Waals surface area contributed by atoms with Gasteiger partial charge in [-0.1, -0.05) is 158 Å². The van der Waals surface area contributed by atoms with Crippen molar-refractivity contribution >= 4 is 78.5 Å². The molecular formula is C50H41BN2. The van der Waals surface area contributed by atoms with E-state index in [1.165, 1.54) is 111 Å². The van der Waals surface area contributed by atoms with Crippen LogP contribution in [0, 0.1) is 0 Å². The zero-order chi connectivity index (χ0) is 35.9. The Morgan fingerprint density at radius 3 is 1.81 bits per heavy atom. The Labute approximate surface area is 312 Å². The van der Waals surface area contributed by atoms with E-state index in [4.69, 9.17) is 0 Å². The molecule has 0 spiro atoms. The Morgan fingerprint density at radius 2 is 1.11 bits per heavy atom. The predicted octanol–water partition coefficient (Wildman–Crippen LogP) is 11.9. The summed E-state index contributed by atoms with van der Waals surface area (Å²) in [4.78, 5) is 5.42. The van der Waals surface area contributed by atoms with Crippen molar-refractivity contribution in [3.05, 3.63) is 149 Å². The minimum Gasteiger partial charge on any atom is -0.376 e. The molecule has 0 unspecified atom stereocenters. The number of hydrogen-bond donors (Lipinski definition) is 0. The number of para-hydroxylation sites is 4. The van der Waals surface area contributed by atoms with Gasteiger partial charge in [0.05, 0.1) is 11.4 Å². The fourth-order valence-corrected chi connectivity index (χ4v) is 11.1. The molecule has 8 aromatic carbocycles. The van der Waals surface area contributed by atoms with Gasteiger partial charge in [0.1, 0.15) is 0 Å². The lowest BCUT2D eigenvalue weighted by molar-refractivity contribution is 0.591. The van der Waals surface area contributed by atoms with Gasteiger partial charge in [-0.15, -0.1) is 0 Å². The Hall–Kier alpha value is -5.54. The molecule has 4 aliphatic rings. The third-order valence-corrected chi connectivity index (χ3v) is 13.7. The molecule has 254 valence electrons. The fourth-order valence-electron chi connectivity index (χ4n) is 11.1. The molecule has 0 saturated carbocycles. The van der Waals surface area contributed by atoms with Gasteiger partial charge >= 0.3 is 6.85 Å². The van der Waals surface area contributed by atoms with E-state index in [1.54, 1.807) is 0 Å². The molecule has 12 rings (SSSR count). The van der Waals surface area contributed by atoms with Gasteiger partial charge in [-0.2, -0.15) is 0 Å². The van der Waals surface area contributed by atoms with Crippen LogP contribution in [0.15, 0.2) is 121 Å². The van der Waals surface area contributed by atoms with Gasteiger partial charge in [0.25, 0.3) is 0 Å². The summed E-state index contributed by atoms with van der Waals surface area (Å²) < 4.78 is 0. The average molecular weight is 681 g/mol. The Bertz CT molecular complexity index is 2940. The first-order valence-corrected chi connectivity index (χ1v) is 19.3. The van der Waals surface area contributed by atoms with Crippen LogP contribution >= 0.6 is 0 Å². The maximum absolute atomic E-state index is 2.74. The van der Waals surface area contributed by atoms with Crippen LogP contribution in [0.2, 0.25) is 0 Å². The zero-order valence-electron chi connectivity index (χ0n) is 31.5. The summed E-state index contributed by atoms with van der Waals surface area (Å²) in [6.07, 6.45) is 0. The predicted molar refractivity (Wildman–Crippen MR) is 227 cm³/mol.